The normalized spacial score (nSPS) is 17.3. The van der Waals surface area contributed by atoms with Gasteiger partial charge in [0.15, 0.2) is 5.82 Å². The molecule has 0 aliphatic carbocycles. The number of piperazine rings is 1. The molecule has 1 atom stereocenters. The zero-order valence-electron chi connectivity index (χ0n) is 17.9. The summed E-state index contributed by atoms with van der Waals surface area (Å²) in [6.07, 6.45) is 3.10. The number of fused-ring (bicyclic) bond motifs is 1. The Bertz CT molecular complexity index is 1180. The van der Waals surface area contributed by atoms with Crippen LogP contribution in [0.2, 0.25) is 5.02 Å². The van der Waals surface area contributed by atoms with Crippen LogP contribution in [0, 0.1) is 0 Å². The van der Waals surface area contributed by atoms with Crippen LogP contribution in [0.25, 0.3) is 22.4 Å². The Morgan fingerprint density at radius 1 is 1.32 bits per heavy atom. The number of nitrogens with zero attached hydrogens (tertiary/aromatic N) is 4. The molecule has 2 N–H and O–H groups in total. The summed E-state index contributed by atoms with van der Waals surface area (Å²) in [6.45, 7) is 8.84. The van der Waals surface area contributed by atoms with E-state index in [9.17, 15) is 9.59 Å². The standard InChI is InChI=1S/C21H25ClN6O3/c1-12-11-27(20(30)31-21(2,3)4)8-9-28(12)18-15(22)19(29)26-17(25-18)14-10-24-16-13(14)6-5-7-23-16/h5-7,10,12H,8-9,11H2,1-4H3,(H,23,24)(H,25,26,29)/t12-/m1/s1. The lowest BCUT2D eigenvalue weighted by Crippen LogP contribution is -2.55. The summed E-state index contributed by atoms with van der Waals surface area (Å²) < 4.78 is 5.48. The highest BCUT2D eigenvalue weighted by Crippen LogP contribution is 2.29. The molecule has 0 spiro atoms. The van der Waals surface area contributed by atoms with E-state index in [-0.39, 0.29) is 17.2 Å². The van der Waals surface area contributed by atoms with Crippen molar-refractivity contribution in [2.75, 3.05) is 24.5 Å². The van der Waals surface area contributed by atoms with Gasteiger partial charge in [-0.25, -0.2) is 14.8 Å². The van der Waals surface area contributed by atoms with Crippen molar-refractivity contribution in [1.29, 1.82) is 0 Å². The summed E-state index contributed by atoms with van der Waals surface area (Å²) in [5.41, 5.74) is 0.467. The van der Waals surface area contributed by atoms with Crippen LogP contribution in [0.5, 0.6) is 0 Å². The summed E-state index contributed by atoms with van der Waals surface area (Å²) in [6, 6.07) is 3.63. The van der Waals surface area contributed by atoms with E-state index in [2.05, 4.69) is 19.9 Å². The molecule has 4 heterocycles. The number of hydrogen-bond acceptors (Lipinski definition) is 6. The highest BCUT2D eigenvalue weighted by atomic mass is 35.5. The smallest absolute Gasteiger partial charge is 0.410 e. The predicted octanol–water partition coefficient (Wildman–Crippen LogP) is 3.41. The van der Waals surface area contributed by atoms with Gasteiger partial charge in [0, 0.05) is 49.0 Å². The number of amides is 1. The molecule has 0 bridgehead atoms. The van der Waals surface area contributed by atoms with Gasteiger partial charge in [-0.3, -0.25) is 4.79 Å². The van der Waals surface area contributed by atoms with Crippen LogP contribution < -0.4 is 10.5 Å². The molecule has 1 saturated heterocycles. The molecule has 3 aromatic heterocycles. The summed E-state index contributed by atoms with van der Waals surface area (Å²) in [5.74, 6) is 0.806. The van der Waals surface area contributed by atoms with Crippen molar-refractivity contribution in [3.05, 3.63) is 39.9 Å². The Balaban J connectivity index is 1.63. The number of H-pyrrole nitrogens is 2. The van der Waals surface area contributed by atoms with Crippen LogP contribution in [0.15, 0.2) is 29.3 Å². The number of aromatic nitrogens is 4. The highest BCUT2D eigenvalue weighted by Gasteiger charge is 2.32. The quantitative estimate of drug-likeness (QED) is 0.627. The first-order valence-corrected chi connectivity index (χ1v) is 10.5. The molecule has 0 radical (unpaired) electrons. The minimum atomic E-state index is -0.557. The van der Waals surface area contributed by atoms with Crippen LogP contribution in [-0.2, 0) is 4.74 Å². The second-order valence-electron chi connectivity index (χ2n) is 8.62. The van der Waals surface area contributed by atoms with Crippen molar-refractivity contribution in [2.45, 2.75) is 39.3 Å². The number of halogens is 1. The monoisotopic (exact) mass is 444 g/mol. The van der Waals surface area contributed by atoms with Gasteiger partial charge >= 0.3 is 6.09 Å². The van der Waals surface area contributed by atoms with Crippen molar-refractivity contribution in [1.82, 2.24) is 24.8 Å². The fourth-order valence-electron chi connectivity index (χ4n) is 3.68. The maximum Gasteiger partial charge on any atom is 0.410 e. The number of carbonyl (C=O) groups excluding carboxylic acids is 1. The first kappa shape index (κ1) is 21.2. The van der Waals surface area contributed by atoms with Crippen LogP contribution in [0.1, 0.15) is 27.7 Å². The molecule has 0 saturated carbocycles. The number of pyridine rings is 1. The molecule has 0 aromatic carbocycles. The zero-order valence-corrected chi connectivity index (χ0v) is 18.7. The molecule has 0 unspecified atom stereocenters. The third-order valence-corrected chi connectivity index (χ3v) is 5.44. The Kier molecular flexibility index (Phi) is 5.38. The van der Waals surface area contributed by atoms with Crippen LogP contribution in [0.3, 0.4) is 0 Å². The molecule has 1 aliphatic heterocycles. The fourth-order valence-corrected chi connectivity index (χ4v) is 3.88. The molecule has 9 nitrogen and oxygen atoms in total. The zero-order chi connectivity index (χ0) is 22.3. The molecular formula is C21H25ClN6O3. The minimum absolute atomic E-state index is 0.0271. The second-order valence-corrected chi connectivity index (χ2v) is 9.00. The van der Waals surface area contributed by atoms with E-state index in [4.69, 9.17) is 16.3 Å². The largest absolute Gasteiger partial charge is 0.444 e. The lowest BCUT2D eigenvalue weighted by molar-refractivity contribution is 0.0218. The third-order valence-electron chi connectivity index (χ3n) is 5.10. The van der Waals surface area contributed by atoms with Gasteiger partial charge in [-0.05, 0) is 39.8 Å². The number of nitrogens with one attached hydrogen (secondary N) is 2. The number of rotatable bonds is 2. The number of aromatic amines is 2. The highest BCUT2D eigenvalue weighted by molar-refractivity contribution is 6.32. The summed E-state index contributed by atoms with van der Waals surface area (Å²) in [7, 11) is 0. The van der Waals surface area contributed by atoms with E-state index in [0.29, 0.717) is 36.9 Å². The third kappa shape index (κ3) is 4.23. The van der Waals surface area contributed by atoms with Gasteiger partial charge in [0.1, 0.15) is 22.1 Å². The van der Waals surface area contributed by atoms with Gasteiger partial charge in [-0.15, -0.1) is 0 Å². The van der Waals surface area contributed by atoms with Gasteiger partial charge in [0.05, 0.1) is 0 Å². The number of hydrogen-bond donors (Lipinski definition) is 2. The van der Waals surface area contributed by atoms with E-state index in [0.717, 1.165) is 10.9 Å². The van der Waals surface area contributed by atoms with Gasteiger partial charge in [0.25, 0.3) is 5.56 Å². The van der Waals surface area contributed by atoms with Gasteiger partial charge < -0.3 is 24.5 Å². The van der Waals surface area contributed by atoms with E-state index in [1.165, 1.54) is 0 Å². The maximum absolute atomic E-state index is 12.6. The van der Waals surface area contributed by atoms with Crippen LogP contribution in [0.4, 0.5) is 10.6 Å². The second kappa shape index (κ2) is 7.88. The lowest BCUT2D eigenvalue weighted by Gasteiger charge is -2.41. The Morgan fingerprint density at radius 2 is 2.10 bits per heavy atom. The average Bonchev–Trinajstić information content (AvgIpc) is 3.13. The molecule has 3 aromatic rings. The van der Waals surface area contributed by atoms with E-state index in [1.54, 1.807) is 17.3 Å². The van der Waals surface area contributed by atoms with E-state index < -0.39 is 11.2 Å². The molecule has 1 aliphatic rings. The van der Waals surface area contributed by atoms with Gasteiger partial charge in [-0.1, -0.05) is 11.6 Å². The Morgan fingerprint density at radius 3 is 2.81 bits per heavy atom. The molecular weight excluding hydrogens is 420 g/mol. The molecule has 1 fully saturated rings. The van der Waals surface area contributed by atoms with Crippen LogP contribution >= 0.6 is 11.6 Å². The van der Waals surface area contributed by atoms with Crippen molar-refractivity contribution in [3.63, 3.8) is 0 Å². The molecule has 1 amide bonds. The molecule has 10 heteroatoms. The average molecular weight is 445 g/mol. The first-order valence-electron chi connectivity index (χ1n) is 10.1. The van der Waals surface area contributed by atoms with Crippen LogP contribution in [-0.4, -0.2) is 62.2 Å². The van der Waals surface area contributed by atoms with Crippen molar-refractivity contribution >= 4 is 34.5 Å². The van der Waals surface area contributed by atoms with Crippen molar-refractivity contribution < 1.29 is 9.53 Å². The topological polar surface area (TPSA) is 107 Å². The Labute approximate surface area is 184 Å². The Hall–Kier alpha value is -3.07. The van der Waals surface area contributed by atoms with E-state index in [1.807, 2.05) is 44.7 Å². The van der Waals surface area contributed by atoms with Gasteiger partial charge in [0.2, 0.25) is 0 Å². The van der Waals surface area contributed by atoms with Crippen molar-refractivity contribution in [2.24, 2.45) is 0 Å². The lowest BCUT2D eigenvalue weighted by atomic mass is 10.2. The number of carbonyl (C=O) groups is 1. The SMILES string of the molecule is C[C@@H]1CN(C(=O)OC(C)(C)C)CCN1c1nc(-c2c[nH]c3ncccc23)[nH]c(=O)c1Cl. The molecule has 164 valence electrons. The maximum atomic E-state index is 12.6. The fraction of sp³-hybridized carbons (Fsp3) is 0.429. The predicted molar refractivity (Wildman–Crippen MR) is 120 cm³/mol. The molecule has 4 rings (SSSR count). The summed E-state index contributed by atoms with van der Waals surface area (Å²) in [4.78, 5) is 43.5. The number of ether oxygens (including phenoxy) is 1. The van der Waals surface area contributed by atoms with E-state index >= 15 is 0 Å². The first-order chi connectivity index (χ1) is 14.6. The van der Waals surface area contributed by atoms with Gasteiger partial charge in [-0.2, -0.15) is 0 Å². The number of anilines is 1. The summed E-state index contributed by atoms with van der Waals surface area (Å²) in [5, 5.41) is 0.876. The van der Waals surface area contributed by atoms with Crippen molar-refractivity contribution in [3.8, 4) is 11.4 Å². The molecule has 31 heavy (non-hydrogen) atoms. The minimum Gasteiger partial charge on any atom is -0.444 e. The summed E-state index contributed by atoms with van der Waals surface area (Å²) >= 11 is 6.36.